The Morgan fingerprint density at radius 2 is 1.39 bits per heavy atom. The van der Waals surface area contributed by atoms with Crippen molar-refractivity contribution in [1.29, 1.82) is 0 Å². The average Bonchev–Trinajstić information content (AvgIpc) is 1.73. The minimum absolute atomic E-state index is 0.0168. The van der Waals surface area contributed by atoms with Crippen molar-refractivity contribution in [3.05, 3.63) is 47.6 Å². The standard InChI is InChI=1S/C62H109N3O20/c1-34(17-13-11-12-16-24-65-61(63)64-10)25-38(5)58-37(4)18-14-15-19-47(68)39(6)50(71)28-44(67)26-43(66)27-45(83-56(78)32-55(76)77)29-46-30-53(74)59(80)62(82,85-46)33-54(75)35(2)20-22-48(69)40(7)51(72)31-52(73)41(8)49(70)23-21-36(3)57(79)42(9)60(81)84-58/h14-15,17-19,21,35,37-54,57-59,66-75,79-80,82H,11-13,16,20,22-33H2,1-10H3,(H,76,77)(H3,63,64,65)/b18-14?,19-15?,34-17+,36-21?. The van der Waals surface area contributed by atoms with E-state index in [1.165, 1.54) is 6.08 Å². The molecular weight excluding hydrogens is 1110 g/mol. The highest BCUT2D eigenvalue weighted by Gasteiger charge is 2.50. The van der Waals surface area contributed by atoms with Gasteiger partial charge in [-0.3, -0.25) is 19.4 Å². The summed E-state index contributed by atoms with van der Waals surface area (Å²) in [6.45, 7) is 16.1. The Morgan fingerprint density at radius 3 is 2.02 bits per heavy atom. The Morgan fingerprint density at radius 1 is 0.776 bits per heavy atom. The quantitative estimate of drug-likeness (QED) is 0.0333. The number of nitrogens with one attached hydrogen (secondary N) is 1. The summed E-state index contributed by atoms with van der Waals surface area (Å²) < 4.78 is 17.5. The summed E-state index contributed by atoms with van der Waals surface area (Å²) in [5.41, 5.74) is 7.20. The first-order valence-corrected chi connectivity index (χ1v) is 30.5. The lowest BCUT2D eigenvalue weighted by Gasteiger charge is -2.45. The smallest absolute Gasteiger partial charge is 0.317 e. The molecule has 2 bridgehead atoms. The average molecular weight is 1220 g/mol. The number of hydrogen-bond donors (Lipinski definition) is 16. The maximum Gasteiger partial charge on any atom is 0.317 e. The maximum atomic E-state index is 13.9. The third kappa shape index (κ3) is 27.6. The van der Waals surface area contributed by atoms with E-state index in [4.69, 9.17) is 19.9 Å². The molecule has 2 heterocycles. The number of nitrogens with two attached hydrogens (primary N) is 1. The van der Waals surface area contributed by atoms with Crippen molar-refractivity contribution in [1.82, 2.24) is 5.32 Å². The van der Waals surface area contributed by atoms with E-state index in [0.717, 1.165) is 31.3 Å². The second-order valence-electron chi connectivity index (χ2n) is 24.8. The number of fused-ring (bicyclic) bond motifs is 2. The van der Waals surface area contributed by atoms with Crippen LogP contribution in [0.4, 0.5) is 0 Å². The van der Waals surface area contributed by atoms with Crippen LogP contribution in [0.25, 0.3) is 0 Å². The Balaban J connectivity index is 2.49. The topological polar surface area (TPSA) is 413 Å². The van der Waals surface area contributed by atoms with Gasteiger partial charge in [-0.05, 0) is 102 Å². The lowest BCUT2D eigenvalue weighted by Crippen LogP contribution is -2.60. The third-order valence-electron chi connectivity index (χ3n) is 17.3. The molecule has 23 nitrogen and oxygen atoms in total. The molecule has 0 aromatic heterocycles. The molecule has 0 spiro atoms. The highest BCUT2D eigenvalue weighted by molar-refractivity contribution is 5.90. The van der Waals surface area contributed by atoms with Crippen LogP contribution in [-0.2, 0) is 28.6 Å². The number of carboxylic acids is 1. The zero-order chi connectivity index (χ0) is 64.5. The van der Waals surface area contributed by atoms with E-state index in [1.54, 1.807) is 72.9 Å². The number of unbranched alkanes of at least 4 members (excludes halogenated alkanes) is 3. The molecule has 2 aliphatic rings. The SMILES string of the molecule is CN=C(N)NCCCCC/C=C(\C)CC(C)C1OC(=O)C(C)C(O)C(C)=CCC(O)C(C)C(O)CC(O)C(C)C(O)CCC(C)C(O)CC2(O)OC(CC(OC(=O)CC(=O)O)CC(O)CC(O)CC(O)C(C)C(O)C=CC=CC1C)CC(O)C2O. The van der Waals surface area contributed by atoms with Crippen LogP contribution < -0.4 is 11.1 Å². The molecule has 0 amide bonds. The van der Waals surface area contributed by atoms with Gasteiger partial charge in [-0.15, -0.1) is 0 Å². The predicted molar refractivity (Wildman–Crippen MR) is 319 cm³/mol. The second kappa shape index (κ2) is 38.5. The summed E-state index contributed by atoms with van der Waals surface area (Å²) in [5, 5.41) is 158. The molecular formula is C62H109N3O20. The van der Waals surface area contributed by atoms with Crippen LogP contribution in [0.15, 0.2) is 52.6 Å². The molecule has 0 aromatic rings. The molecule has 23 unspecified atom stereocenters. The van der Waals surface area contributed by atoms with Crippen molar-refractivity contribution in [2.24, 2.45) is 52.2 Å². The van der Waals surface area contributed by atoms with Gasteiger partial charge in [0.05, 0.1) is 79.2 Å². The fourth-order valence-corrected chi connectivity index (χ4v) is 11.0. The van der Waals surface area contributed by atoms with Gasteiger partial charge < -0.3 is 96.8 Å². The number of carboxylic acid groups (broad SMARTS) is 1. The van der Waals surface area contributed by atoms with Crippen LogP contribution in [0.3, 0.4) is 0 Å². The van der Waals surface area contributed by atoms with Crippen molar-refractivity contribution >= 4 is 23.9 Å². The molecule has 0 aliphatic carbocycles. The number of guanidine groups is 1. The Kier molecular flexibility index (Phi) is 34.9. The molecule has 23 atom stereocenters. The summed E-state index contributed by atoms with van der Waals surface area (Å²) in [4.78, 5) is 41.9. The fraction of sp³-hybridized carbons (Fsp3) is 0.806. The molecule has 0 saturated carbocycles. The number of allylic oxidation sites excluding steroid dienone is 4. The number of aliphatic carboxylic acids is 1. The number of carbonyl (C=O) groups is 3. The van der Waals surface area contributed by atoms with Gasteiger partial charge in [0.2, 0.25) is 0 Å². The van der Waals surface area contributed by atoms with E-state index >= 15 is 0 Å². The Hall–Kier alpha value is -3.92. The highest BCUT2D eigenvalue weighted by Crippen LogP contribution is 2.37. The Labute approximate surface area is 503 Å². The van der Waals surface area contributed by atoms with Crippen LogP contribution in [-0.4, -0.2) is 206 Å². The zero-order valence-electron chi connectivity index (χ0n) is 51.9. The normalized spacial score (nSPS) is 38.4. The predicted octanol–water partition coefficient (Wildman–Crippen LogP) is 2.56. The van der Waals surface area contributed by atoms with Crippen molar-refractivity contribution < 1.29 is 100 Å². The van der Waals surface area contributed by atoms with Crippen LogP contribution in [0.1, 0.15) is 165 Å². The molecule has 492 valence electrons. The first-order chi connectivity index (χ1) is 39.7. The minimum atomic E-state index is -2.57. The van der Waals surface area contributed by atoms with E-state index in [9.17, 15) is 85.9 Å². The van der Waals surface area contributed by atoms with Gasteiger partial charge in [0, 0.05) is 62.9 Å². The number of ether oxygens (including phenoxy) is 3. The number of cyclic esters (lactones) is 1. The van der Waals surface area contributed by atoms with E-state index in [0.29, 0.717) is 24.5 Å². The van der Waals surface area contributed by atoms with Crippen molar-refractivity contribution in [2.45, 2.75) is 262 Å². The van der Waals surface area contributed by atoms with E-state index in [1.807, 2.05) is 20.8 Å². The maximum absolute atomic E-state index is 13.9. The Bertz CT molecular complexity index is 2130. The lowest BCUT2D eigenvalue weighted by atomic mass is 9.83. The van der Waals surface area contributed by atoms with Crippen LogP contribution in [0.5, 0.6) is 0 Å². The number of carbonyl (C=O) groups excluding carboxylic acids is 2. The van der Waals surface area contributed by atoms with Crippen molar-refractivity contribution in [3.63, 3.8) is 0 Å². The number of esters is 2. The molecule has 2 aliphatic heterocycles. The molecule has 1 fully saturated rings. The summed E-state index contributed by atoms with van der Waals surface area (Å²) >= 11 is 0. The van der Waals surface area contributed by atoms with Gasteiger partial charge in [-0.25, -0.2) is 0 Å². The van der Waals surface area contributed by atoms with Gasteiger partial charge >= 0.3 is 17.9 Å². The number of aliphatic hydroxyl groups excluding tert-OH is 12. The van der Waals surface area contributed by atoms with Gasteiger partial charge in [0.15, 0.2) is 11.7 Å². The molecule has 2 rings (SSSR count). The number of aliphatic imine (C=N–C) groups is 1. The summed E-state index contributed by atoms with van der Waals surface area (Å²) in [6.07, 6.45) is -8.56. The van der Waals surface area contributed by atoms with Gasteiger partial charge in [0.1, 0.15) is 24.7 Å². The van der Waals surface area contributed by atoms with Crippen LogP contribution in [0, 0.1) is 41.4 Å². The molecule has 0 aromatic carbocycles. The molecule has 85 heavy (non-hydrogen) atoms. The second-order valence-corrected chi connectivity index (χ2v) is 24.8. The number of aliphatic hydroxyl groups is 13. The van der Waals surface area contributed by atoms with Gasteiger partial charge in [0.25, 0.3) is 0 Å². The van der Waals surface area contributed by atoms with Gasteiger partial charge in [-0.2, -0.15) is 0 Å². The number of rotatable bonds is 12. The minimum Gasteiger partial charge on any atom is -0.481 e. The first-order valence-electron chi connectivity index (χ1n) is 30.5. The molecule has 0 radical (unpaired) electrons. The number of nitrogens with zero attached hydrogens (tertiary/aromatic N) is 1. The summed E-state index contributed by atoms with van der Waals surface area (Å²) in [5.74, 6) is -10.3. The van der Waals surface area contributed by atoms with E-state index in [-0.39, 0.29) is 63.2 Å². The molecule has 23 heteroatoms. The summed E-state index contributed by atoms with van der Waals surface area (Å²) in [7, 11) is 1.62. The van der Waals surface area contributed by atoms with Crippen LogP contribution in [0.2, 0.25) is 0 Å². The van der Waals surface area contributed by atoms with E-state index < -0.39 is 164 Å². The van der Waals surface area contributed by atoms with Crippen molar-refractivity contribution in [3.8, 4) is 0 Å². The van der Waals surface area contributed by atoms with Gasteiger partial charge in [-0.1, -0.05) is 90.0 Å². The van der Waals surface area contributed by atoms with Crippen LogP contribution >= 0.6 is 0 Å². The molecule has 17 N–H and O–H groups in total. The highest BCUT2D eigenvalue weighted by atomic mass is 16.7. The third-order valence-corrected chi connectivity index (χ3v) is 17.3. The van der Waals surface area contributed by atoms with E-state index in [2.05, 4.69) is 16.4 Å². The lowest BCUT2D eigenvalue weighted by molar-refractivity contribution is -0.333. The fourth-order valence-electron chi connectivity index (χ4n) is 11.0. The number of hydrogen-bond acceptors (Lipinski definition) is 20. The van der Waals surface area contributed by atoms with Crippen molar-refractivity contribution in [2.75, 3.05) is 13.6 Å². The zero-order valence-corrected chi connectivity index (χ0v) is 51.9. The summed E-state index contributed by atoms with van der Waals surface area (Å²) in [6, 6.07) is 0. The molecule has 1 saturated heterocycles. The first kappa shape index (κ1) is 77.2. The largest absolute Gasteiger partial charge is 0.481 e. The monoisotopic (exact) mass is 1220 g/mol.